The number of amides is 3. The SMILES string of the molecule is CC(C)COC[C@@H](O)CN1C(=O)NC2(CCC2)C1=O. The Balaban J connectivity index is 1.82. The lowest BCUT2D eigenvalue weighted by atomic mass is 9.77. The summed E-state index contributed by atoms with van der Waals surface area (Å²) in [7, 11) is 0. The summed E-state index contributed by atoms with van der Waals surface area (Å²) in [6, 6.07) is -0.396. The van der Waals surface area contributed by atoms with Crippen molar-refractivity contribution in [2.45, 2.75) is 44.8 Å². The fraction of sp³-hybridized carbons (Fsp3) is 0.846. The van der Waals surface area contributed by atoms with Crippen molar-refractivity contribution < 1.29 is 19.4 Å². The molecule has 0 aromatic carbocycles. The fourth-order valence-electron chi connectivity index (χ4n) is 2.41. The van der Waals surface area contributed by atoms with Crippen molar-refractivity contribution >= 4 is 11.9 Å². The van der Waals surface area contributed by atoms with Gasteiger partial charge in [-0.05, 0) is 25.2 Å². The van der Waals surface area contributed by atoms with Crippen LogP contribution in [0.3, 0.4) is 0 Å². The number of nitrogens with zero attached hydrogens (tertiary/aromatic N) is 1. The molecule has 2 rings (SSSR count). The van der Waals surface area contributed by atoms with E-state index in [-0.39, 0.29) is 19.1 Å². The molecular weight excluding hydrogens is 248 g/mol. The van der Waals surface area contributed by atoms with E-state index in [9.17, 15) is 14.7 Å². The van der Waals surface area contributed by atoms with E-state index in [0.29, 0.717) is 25.4 Å². The monoisotopic (exact) mass is 270 g/mol. The summed E-state index contributed by atoms with van der Waals surface area (Å²) < 4.78 is 5.31. The highest BCUT2D eigenvalue weighted by Gasteiger charge is 2.54. The molecule has 108 valence electrons. The standard InChI is InChI=1S/C13H22N2O4/c1-9(2)7-19-8-10(16)6-15-11(17)13(4-3-5-13)14-12(15)18/h9-10,16H,3-8H2,1-2H3,(H,14,18)/t10-/m0/s1. The average molecular weight is 270 g/mol. The van der Waals surface area contributed by atoms with Gasteiger partial charge in [0.2, 0.25) is 0 Å². The van der Waals surface area contributed by atoms with Gasteiger partial charge in [0.05, 0.1) is 19.3 Å². The summed E-state index contributed by atoms with van der Waals surface area (Å²) in [5.41, 5.74) is -0.671. The minimum atomic E-state index is -0.830. The van der Waals surface area contributed by atoms with Gasteiger partial charge in [0.15, 0.2) is 0 Å². The number of imide groups is 1. The second kappa shape index (κ2) is 5.46. The van der Waals surface area contributed by atoms with E-state index in [1.165, 1.54) is 0 Å². The average Bonchev–Trinajstić information content (AvgIpc) is 2.52. The molecule has 1 saturated carbocycles. The van der Waals surface area contributed by atoms with Crippen molar-refractivity contribution in [2.24, 2.45) is 5.92 Å². The Kier molecular flexibility index (Phi) is 4.10. The minimum Gasteiger partial charge on any atom is -0.389 e. The molecule has 2 fully saturated rings. The largest absolute Gasteiger partial charge is 0.389 e. The molecule has 6 heteroatoms. The van der Waals surface area contributed by atoms with Crippen molar-refractivity contribution in [1.29, 1.82) is 0 Å². The van der Waals surface area contributed by atoms with Crippen LogP contribution in [0.1, 0.15) is 33.1 Å². The van der Waals surface area contributed by atoms with Crippen molar-refractivity contribution in [1.82, 2.24) is 10.2 Å². The number of ether oxygens (including phenoxy) is 1. The molecular formula is C13H22N2O4. The third-order valence-electron chi connectivity index (χ3n) is 3.61. The first-order valence-electron chi connectivity index (χ1n) is 6.84. The second-order valence-electron chi connectivity index (χ2n) is 5.87. The number of urea groups is 1. The second-order valence-corrected chi connectivity index (χ2v) is 5.87. The molecule has 0 bridgehead atoms. The zero-order valence-corrected chi connectivity index (χ0v) is 11.5. The smallest absolute Gasteiger partial charge is 0.325 e. The highest BCUT2D eigenvalue weighted by Crippen LogP contribution is 2.37. The van der Waals surface area contributed by atoms with Crippen LogP contribution in [0.2, 0.25) is 0 Å². The van der Waals surface area contributed by atoms with E-state index in [1.54, 1.807) is 0 Å². The first kappa shape index (κ1) is 14.3. The Bertz CT molecular complexity index is 366. The van der Waals surface area contributed by atoms with E-state index < -0.39 is 17.7 Å². The van der Waals surface area contributed by atoms with Crippen molar-refractivity contribution in [3.8, 4) is 0 Å². The lowest BCUT2D eigenvalue weighted by molar-refractivity contribution is -0.135. The van der Waals surface area contributed by atoms with Gasteiger partial charge in [0.1, 0.15) is 5.54 Å². The maximum Gasteiger partial charge on any atom is 0.325 e. The number of rotatable bonds is 6. The number of hydrogen-bond donors (Lipinski definition) is 2. The summed E-state index contributed by atoms with van der Waals surface area (Å²) in [5.74, 6) is 0.189. The van der Waals surface area contributed by atoms with E-state index in [4.69, 9.17) is 4.74 Å². The predicted octanol–water partition coefficient (Wildman–Crippen LogP) is 0.494. The third kappa shape index (κ3) is 2.90. The van der Waals surface area contributed by atoms with E-state index in [0.717, 1.165) is 11.3 Å². The van der Waals surface area contributed by atoms with Crippen molar-refractivity contribution in [2.75, 3.05) is 19.8 Å². The summed E-state index contributed by atoms with van der Waals surface area (Å²) in [5, 5.41) is 12.6. The Hall–Kier alpha value is -1.14. The van der Waals surface area contributed by atoms with Gasteiger partial charge < -0.3 is 15.2 Å². The quantitative estimate of drug-likeness (QED) is 0.689. The number of carbonyl (C=O) groups is 2. The lowest BCUT2D eigenvalue weighted by Gasteiger charge is -2.35. The van der Waals surface area contributed by atoms with Crippen molar-refractivity contribution in [3.05, 3.63) is 0 Å². The fourth-order valence-corrected chi connectivity index (χ4v) is 2.41. The highest BCUT2D eigenvalue weighted by molar-refractivity contribution is 6.07. The van der Waals surface area contributed by atoms with Gasteiger partial charge in [-0.1, -0.05) is 13.8 Å². The molecule has 2 N–H and O–H groups in total. The topological polar surface area (TPSA) is 78.9 Å². The molecule has 0 aromatic heterocycles. The molecule has 1 heterocycles. The van der Waals surface area contributed by atoms with Crippen LogP contribution in [0.15, 0.2) is 0 Å². The molecule has 1 saturated heterocycles. The Morgan fingerprint density at radius 3 is 2.53 bits per heavy atom. The number of aliphatic hydroxyl groups excluding tert-OH is 1. The van der Waals surface area contributed by atoms with Gasteiger partial charge in [-0.25, -0.2) is 4.79 Å². The molecule has 6 nitrogen and oxygen atoms in total. The molecule has 0 unspecified atom stereocenters. The summed E-state index contributed by atoms with van der Waals surface area (Å²) >= 11 is 0. The zero-order valence-electron chi connectivity index (χ0n) is 11.5. The van der Waals surface area contributed by atoms with Crippen LogP contribution in [0.25, 0.3) is 0 Å². The Morgan fingerprint density at radius 2 is 2.05 bits per heavy atom. The Labute approximate surface area is 113 Å². The van der Waals surface area contributed by atoms with E-state index in [2.05, 4.69) is 5.32 Å². The molecule has 1 atom stereocenters. The van der Waals surface area contributed by atoms with E-state index >= 15 is 0 Å². The number of β-amino-alcohol motifs (C(OH)–C–C–N with tert-alkyl or cyclic N) is 1. The van der Waals surface area contributed by atoms with Crippen LogP contribution >= 0.6 is 0 Å². The van der Waals surface area contributed by atoms with Gasteiger partial charge in [0.25, 0.3) is 5.91 Å². The van der Waals surface area contributed by atoms with Gasteiger partial charge in [-0.15, -0.1) is 0 Å². The van der Waals surface area contributed by atoms with Crippen LogP contribution in [0.5, 0.6) is 0 Å². The third-order valence-corrected chi connectivity index (χ3v) is 3.61. The molecule has 3 amide bonds. The Morgan fingerprint density at radius 1 is 1.37 bits per heavy atom. The van der Waals surface area contributed by atoms with Gasteiger partial charge in [-0.2, -0.15) is 0 Å². The van der Waals surface area contributed by atoms with Crippen LogP contribution in [-0.2, 0) is 9.53 Å². The number of carbonyl (C=O) groups excluding carboxylic acids is 2. The highest BCUT2D eigenvalue weighted by atomic mass is 16.5. The molecule has 2 aliphatic rings. The van der Waals surface area contributed by atoms with E-state index in [1.807, 2.05) is 13.8 Å². The van der Waals surface area contributed by atoms with Gasteiger partial charge >= 0.3 is 6.03 Å². The number of nitrogens with one attached hydrogen (secondary N) is 1. The molecule has 1 aliphatic carbocycles. The molecule has 0 aromatic rings. The summed E-state index contributed by atoms with van der Waals surface area (Å²) in [6.07, 6.45) is 1.53. The normalized spacial score (nSPS) is 22.8. The first-order chi connectivity index (χ1) is 8.94. The summed E-state index contributed by atoms with van der Waals surface area (Å²) in [4.78, 5) is 25.0. The molecule has 1 aliphatic heterocycles. The maximum atomic E-state index is 12.1. The minimum absolute atomic E-state index is 0.00448. The number of aliphatic hydroxyl groups is 1. The maximum absolute atomic E-state index is 12.1. The van der Waals surface area contributed by atoms with Gasteiger partial charge in [-0.3, -0.25) is 9.69 Å². The summed E-state index contributed by atoms with van der Waals surface area (Å²) in [6.45, 7) is 4.74. The molecule has 0 radical (unpaired) electrons. The lowest BCUT2D eigenvalue weighted by Crippen LogP contribution is -2.52. The predicted molar refractivity (Wildman–Crippen MR) is 68.5 cm³/mol. The number of hydrogen-bond acceptors (Lipinski definition) is 4. The zero-order chi connectivity index (χ0) is 14.0. The molecule has 19 heavy (non-hydrogen) atoms. The van der Waals surface area contributed by atoms with Crippen LogP contribution < -0.4 is 5.32 Å². The van der Waals surface area contributed by atoms with Crippen molar-refractivity contribution in [3.63, 3.8) is 0 Å². The van der Waals surface area contributed by atoms with Crippen LogP contribution in [-0.4, -0.2) is 53.3 Å². The molecule has 1 spiro atoms. The van der Waals surface area contributed by atoms with Gasteiger partial charge in [0, 0.05) is 6.61 Å². The van der Waals surface area contributed by atoms with Crippen LogP contribution in [0, 0.1) is 5.92 Å². The first-order valence-corrected chi connectivity index (χ1v) is 6.84. The van der Waals surface area contributed by atoms with Crippen LogP contribution in [0.4, 0.5) is 4.79 Å².